The Morgan fingerprint density at radius 1 is 1.19 bits per heavy atom. The van der Waals surface area contributed by atoms with Crippen LogP contribution in [0.2, 0.25) is 0 Å². The van der Waals surface area contributed by atoms with Gasteiger partial charge in [0, 0.05) is 12.8 Å². The quantitative estimate of drug-likeness (QED) is 0.306. The summed E-state index contributed by atoms with van der Waals surface area (Å²) >= 11 is 0. The molecule has 0 radical (unpaired) electrons. The highest BCUT2D eigenvalue weighted by molar-refractivity contribution is 5.66. The standard InChI is InChI=1S/C22H37NO4/c1-17(9-5-4-8-16-23)20(24)14-12-18-13-15-21(25)19(18)10-6-2-3-7-11-22(26)27/h12,14,17-21,24-25H,2-11,13,15H2,1H3,(H,26,27). The number of rotatable bonds is 14. The molecule has 5 unspecified atom stereocenters. The van der Waals surface area contributed by atoms with Gasteiger partial charge >= 0.3 is 5.97 Å². The summed E-state index contributed by atoms with van der Waals surface area (Å²) in [4.78, 5) is 10.5. The van der Waals surface area contributed by atoms with E-state index in [2.05, 4.69) is 12.1 Å². The molecule has 0 heterocycles. The summed E-state index contributed by atoms with van der Waals surface area (Å²) in [6.07, 6.45) is 13.3. The third-order valence-electron chi connectivity index (χ3n) is 5.85. The molecule has 5 atom stereocenters. The van der Waals surface area contributed by atoms with Gasteiger partial charge in [0.05, 0.1) is 18.3 Å². The average Bonchev–Trinajstić information content (AvgIpc) is 2.99. The number of nitriles is 1. The van der Waals surface area contributed by atoms with E-state index in [1.54, 1.807) is 0 Å². The largest absolute Gasteiger partial charge is 0.481 e. The fourth-order valence-electron chi connectivity index (χ4n) is 4.02. The van der Waals surface area contributed by atoms with E-state index in [0.29, 0.717) is 12.3 Å². The van der Waals surface area contributed by atoms with E-state index in [-0.39, 0.29) is 24.4 Å². The first kappa shape index (κ1) is 23.7. The van der Waals surface area contributed by atoms with Gasteiger partial charge in [0.2, 0.25) is 0 Å². The van der Waals surface area contributed by atoms with Crippen LogP contribution >= 0.6 is 0 Å². The SMILES string of the molecule is CC(CCCCC#N)C(O)C=CC1CCC(O)C1CCCCCCC(=O)O. The number of hydrogen-bond acceptors (Lipinski definition) is 4. The molecule has 0 aromatic carbocycles. The number of aliphatic carboxylic acids is 1. The van der Waals surface area contributed by atoms with Crippen LogP contribution < -0.4 is 0 Å². The first-order chi connectivity index (χ1) is 13.0. The van der Waals surface area contributed by atoms with E-state index in [1.807, 2.05) is 13.0 Å². The Balaban J connectivity index is 2.33. The van der Waals surface area contributed by atoms with E-state index in [0.717, 1.165) is 64.2 Å². The van der Waals surface area contributed by atoms with Gasteiger partial charge in [0.15, 0.2) is 0 Å². The second kappa shape index (κ2) is 13.7. The highest BCUT2D eigenvalue weighted by atomic mass is 16.4. The summed E-state index contributed by atoms with van der Waals surface area (Å²) in [6.45, 7) is 2.04. The minimum Gasteiger partial charge on any atom is -0.481 e. The first-order valence-electron chi connectivity index (χ1n) is 10.6. The predicted octanol–water partition coefficient (Wildman–Crippen LogP) is 4.44. The Bertz CT molecular complexity index is 485. The molecular formula is C22H37NO4. The lowest BCUT2D eigenvalue weighted by Gasteiger charge is -2.21. The van der Waals surface area contributed by atoms with Crippen molar-refractivity contribution in [1.29, 1.82) is 5.26 Å². The molecule has 0 aromatic heterocycles. The van der Waals surface area contributed by atoms with Gasteiger partial charge in [-0.25, -0.2) is 0 Å². The van der Waals surface area contributed by atoms with Crippen molar-refractivity contribution in [2.45, 2.75) is 96.2 Å². The molecule has 5 nitrogen and oxygen atoms in total. The van der Waals surface area contributed by atoms with Crippen LogP contribution in [0.5, 0.6) is 0 Å². The third kappa shape index (κ3) is 9.93. The molecule has 0 amide bonds. The molecule has 1 aliphatic rings. The van der Waals surface area contributed by atoms with E-state index in [9.17, 15) is 15.0 Å². The maximum absolute atomic E-state index is 10.5. The Morgan fingerprint density at radius 2 is 1.93 bits per heavy atom. The molecule has 0 saturated heterocycles. The van der Waals surface area contributed by atoms with E-state index < -0.39 is 12.1 Å². The minimum absolute atomic E-state index is 0.180. The molecule has 1 fully saturated rings. The zero-order valence-electron chi connectivity index (χ0n) is 16.7. The number of carbonyl (C=O) groups is 1. The zero-order chi connectivity index (χ0) is 20.1. The van der Waals surface area contributed by atoms with Crippen molar-refractivity contribution in [1.82, 2.24) is 0 Å². The molecule has 154 valence electrons. The van der Waals surface area contributed by atoms with Crippen molar-refractivity contribution in [3.8, 4) is 6.07 Å². The van der Waals surface area contributed by atoms with Crippen molar-refractivity contribution >= 4 is 5.97 Å². The number of allylic oxidation sites excluding steroid dienone is 1. The molecule has 1 aliphatic carbocycles. The maximum Gasteiger partial charge on any atom is 0.303 e. The highest BCUT2D eigenvalue weighted by Gasteiger charge is 2.32. The number of aliphatic hydroxyl groups excluding tert-OH is 2. The summed E-state index contributed by atoms with van der Waals surface area (Å²) in [5.41, 5.74) is 0. The van der Waals surface area contributed by atoms with E-state index in [4.69, 9.17) is 10.4 Å². The summed E-state index contributed by atoms with van der Waals surface area (Å²) in [5, 5.41) is 37.8. The fourth-order valence-corrected chi connectivity index (χ4v) is 4.02. The Labute approximate surface area is 164 Å². The average molecular weight is 380 g/mol. The Kier molecular flexibility index (Phi) is 12.0. The number of nitrogens with zero attached hydrogens (tertiary/aromatic N) is 1. The molecule has 1 saturated carbocycles. The topological polar surface area (TPSA) is 102 Å². The summed E-state index contributed by atoms with van der Waals surface area (Å²) in [6, 6.07) is 2.15. The van der Waals surface area contributed by atoms with Crippen LogP contribution in [-0.4, -0.2) is 33.5 Å². The summed E-state index contributed by atoms with van der Waals surface area (Å²) < 4.78 is 0. The predicted molar refractivity (Wildman–Crippen MR) is 106 cm³/mol. The van der Waals surface area contributed by atoms with Crippen LogP contribution in [0.25, 0.3) is 0 Å². The van der Waals surface area contributed by atoms with Crippen molar-refractivity contribution in [2.75, 3.05) is 0 Å². The fraction of sp³-hybridized carbons (Fsp3) is 0.818. The van der Waals surface area contributed by atoms with Crippen LogP contribution in [0.4, 0.5) is 0 Å². The van der Waals surface area contributed by atoms with Crippen molar-refractivity contribution in [2.24, 2.45) is 17.8 Å². The van der Waals surface area contributed by atoms with Gasteiger partial charge in [-0.15, -0.1) is 0 Å². The smallest absolute Gasteiger partial charge is 0.303 e. The number of hydrogen-bond donors (Lipinski definition) is 3. The molecule has 0 bridgehead atoms. The van der Waals surface area contributed by atoms with E-state index in [1.165, 1.54) is 0 Å². The lowest BCUT2D eigenvalue weighted by Crippen LogP contribution is -2.19. The molecule has 27 heavy (non-hydrogen) atoms. The lowest BCUT2D eigenvalue weighted by atomic mass is 9.88. The molecule has 3 N–H and O–H groups in total. The molecule has 5 heteroatoms. The Hall–Kier alpha value is -1.38. The van der Waals surface area contributed by atoms with Gasteiger partial charge in [-0.3, -0.25) is 4.79 Å². The van der Waals surface area contributed by atoms with Crippen LogP contribution in [0.15, 0.2) is 12.2 Å². The zero-order valence-corrected chi connectivity index (χ0v) is 16.7. The van der Waals surface area contributed by atoms with Crippen molar-refractivity contribution in [3.63, 3.8) is 0 Å². The second-order valence-corrected chi connectivity index (χ2v) is 8.08. The minimum atomic E-state index is -0.732. The van der Waals surface area contributed by atoms with Crippen molar-refractivity contribution < 1.29 is 20.1 Å². The van der Waals surface area contributed by atoms with Crippen LogP contribution in [-0.2, 0) is 4.79 Å². The Morgan fingerprint density at radius 3 is 2.63 bits per heavy atom. The normalized spacial score (nSPS) is 24.7. The lowest BCUT2D eigenvalue weighted by molar-refractivity contribution is -0.137. The number of unbranched alkanes of at least 4 members (excludes halogenated alkanes) is 5. The van der Waals surface area contributed by atoms with E-state index >= 15 is 0 Å². The third-order valence-corrected chi connectivity index (χ3v) is 5.85. The molecule has 1 rings (SSSR count). The number of carboxylic acids is 1. The van der Waals surface area contributed by atoms with Gasteiger partial charge < -0.3 is 15.3 Å². The van der Waals surface area contributed by atoms with Gasteiger partial charge in [0.1, 0.15) is 0 Å². The van der Waals surface area contributed by atoms with Gasteiger partial charge in [-0.05, 0) is 56.3 Å². The molecule has 0 aromatic rings. The monoisotopic (exact) mass is 379 g/mol. The van der Waals surface area contributed by atoms with Crippen LogP contribution in [0, 0.1) is 29.1 Å². The van der Waals surface area contributed by atoms with Gasteiger partial charge in [-0.2, -0.15) is 5.26 Å². The number of aliphatic hydroxyl groups is 2. The molecular weight excluding hydrogens is 342 g/mol. The molecule has 0 spiro atoms. The maximum atomic E-state index is 10.5. The second-order valence-electron chi connectivity index (χ2n) is 8.08. The molecule has 0 aliphatic heterocycles. The van der Waals surface area contributed by atoms with Crippen molar-refractivity contribution in [3.05, 3.63) is 12.2 Å². The van der Waals surface area contributed by atoms with Crippen LogP contribution in [0.3, 0.4) is 0 Å². The van der Waals surface area contributed by atoms with Gasteiger partial charge in [-0.1, -0.05) is 44.8 Å². The number of carboxylic acid groups (broad SMARTS) is 1. The summed E-state index contributed by atoms with van der Waals surface area (Å²) in [7, 11) is 0. The highest BCUT2D eigenvalue weighted by Crippen LogP contribution is 2.37. The van der Waals surface area contributed by atoms with Crippen LogP contribution in [0.1, 0.15) is 84.0 Å². The van der Waals surface area contributed by atoms with Gasteiger partial charge in [0.25, 0.3) is 0 Å². The first-order valence-corrected chi connectivity index (χ1v) is 10.6. The summed E-state index contributed by atoms with van der Waals surface area (Å²) in [5.74, 6) is 0.0153.